The van der Waals surface area contributed by atoms with Gasteiger partial charge in [-0.25, -0.2) is 0 Å². The lowest BCUT2D eigenvalue weighted by molar-refractivity contribution is 0.0880. The summed E-state index contributed by atoms with van der Waals surface area (Å²) in [5.74, 6) is -1.86. The Morgan fingerprint density at radius 1 is 1.14 bits per heavy atom. The van der Waals surface area contributed by atoms with Crippen molar-refractivity contribution in [2.75, 3.05) is 5.73 Å². The number of amides is 2. The molecular weight excluding hydrogens is 288 g/mol. The smallest absolute Gasteiger partial charge is 0.262 e. The quantitative estimate of drug-likeness (QED) is 0.627. The number of nitrogens with two attached hydrogens (primary N) is 1. The van der Waals surface area contributed by atoms with Crippen molar-refractivity contribution in [3.63, 3.8) is 0 Å². The van der Waals surface area contributed by atoms with Crippen LogP contribution in [0, 0.1) is 11.3 Å². The fourth-order valence-electron chi connectivity index (χ4n) is 2.33. The van der Waals surface area contributed by atoms with Gasteiger partial charge in [-0.05, 0) is 12.1 Å². The molecule has 2 amide bonds. The van der Waals surface area contributed by atoms with Gasteiger partial charge in [0, 0.05) is 12.1 Å². The van der Waals surface area contributed by atoms with Crippen LogP contribution < -0.4 is 16.6 Å². The summed E-state index contributed by atoms with van der Waals surface area (Å²) in [5, 5.41) is 20.6. The fraction of sp³-hybridized carbons (Fsp3) is 0. The molecule has 0 unspecified atom stereocenters. The first-order valence-electron chi connectivity index (χ1n) is 6.08. The highest BCUT2D eigenvalue weighted by atomic mass is 16.3. The molecular formula is C14H8N4O4. The molecule has 1 aromatic carbocycles. The number of nitrogen functional groups attached to an aromatic ring is 1. The van der Waals surface area contributed by atoms with E-state index in [9.17, 15) is 19.5 Å². The van der Waals surface area contributed by atoms with Crippen molar-refractivity contribution in [3.05, 3.63) is 51.3 Å². The Balaban J connectivity index is 2.35. The lowest BCUT2D eigenvalue weighted by atomic mass is 10.1. The van der Waals surface area contributed by atoms with E-state index >= 15 is 0 Å². The number of phenolic OH excluding ortho intramolecular Hbond substituents is 1. The minimum absolute atomic E-state index is 0.0931. The molecule has 0 fully saturated rings. The molecule has 1 aliphatic heterocycles. The second kappa shape index (κ2) is 4.46. The number of anilines is 1. The highest BCUT2D eigenvalue weighted by molar-refractivity contribution is 6.23. The maximum absolute atomic E-state index is 12.2. The zero-order valence-corrected chi connectivity index (χ0v) is 11.0. The molecule has 1 aliphatic rings. The normalized spacial score (nSPS) is 12.7. The number of nitrogens with one attached hydrogen (secondary N) is 1. The molecule has 8 heteroatoms. The second-order valence-electron chi connectivity index (χ2n) is 4.63. The minimum Gasteiger partial charge on any atom is -0.508 e. The second-order valence-corrected chi connectivity index (χ2v) is 4.63. The van der Waals surface area contributed by atoms with E-state index in [1.54, 1.807) is 0 Å². The van der Waals surface area contributed by atoms with Crippen LogP contribution in [0.15, 0.2) is 29.1 Å². The Bertz CT molecular complexity index is 953. The predicted molar refractivity (Wildman–Crippen MR) is 74.6 cm³/mol. The third-order valence-electron chi connectivity index (χ3n) is 3.24. The van der Waals surface area contributed by atoms with Crippen LogP contribution in [-0.4, -0.2) is 21.5 Å². The molecule has 0 radical (unpaired) electrons. The summed E-state index contributed by atoms with van der Waals surface area (Å²) in [6.45, 7) is 0. The summed E-state index contributed by atoms with van der Waals surface area (Å²) >= 11 is 0. The van der Waals surface area contributed by atoms with Crippen LogP contribution in [0.3, 0.4) is 0 Å². The summed E-state index contributed by atoms with van der Waals surface area (Å²) in [6, 6.07) is 6.59. The van der Waals surface area contributed by atoms with Crippen LogP contribution >= 0.6 is 0 Å². The van der Waals surface area contributed by atoms with Gasteiger partial charge in [-0.1, -0.05) is 0 Å². The predicted octanol–water partition coefficient (Wildman–Crippen LogP) is -0.119. The number of carbonyl (C=O) groups excluding carboxylic acids is 2. The monoisotopic (exact) mass is 296 g/mol. The topological polar surface area (TPSA) is 138 Å². The molecule has 2 aromatic rings. The molecule has 22 heavy (non-hydrogen) atoms. The van der Waals surface area contributed by atoms with Gasteiger partial charge >= 0.3 is 0 Å². The van der Waals surface area contributed by atoms with Gasteiger partial charge in [-0.3, -0.25) is 24.3 Å². The van der Waals surface area contributed by atoms with Crippen molar-refractivity contribution >= 4 is 17.6 Å². The van der Waals surface area contributed by atoms with Crippen LogP contribution in [0.2, 0.25) is 0 Å². The van der Waals surface area contributed by atoms with Crippen LogP contribution in [0.4, 0.5) is 5.82 Å². The van der Waals surface area contributed by atoms with Gasteiger partial charge in [0.25, 0.3) is 17.4 Å². The van der Waals surface area contributed by atoms with Crippen LogP contribution in [0.1, 0.15) is 26.3 Å². The Hall–Kier alpha value is -3.60. The average molecular weight is 296 g/mol. The van der Waals surface area contributed by atoms with E-state index < -0.39 is 17.4 Å². The summed E-state index contributed by atoms with van der Waals surface area (Å²) in [4.78, 5) is 35.5. The minimum atomic E-state index is -0.702. The number of hydrogen-bond acceptors (Lipinski definition) is 6. The highest BCUT2D eigenvalue weighted by Crippen LogP contribution is 2.25. The van der Waals surface area contributed by atoms with Crippen LogP contribution in [0.5, 0.6) is 5.75 Å². The van der Waals surface area contributed by atoms with Crippen LogP contribution in [0.25, 0.3) is 5.69 Å². The SMILES string of the molecule is N#Cc1cc(O)cc(-n2c(N)c3c(cc2=O)C(=O)NC3=O)c1. The van der Waals surface area contributed by atoms with E-state index in [0.717, 1.165) is 10.6 Å². The zero-order valence-electron chi connectivity index (χ0n) is 11.0. The Morgan fingerprint density at radius 3 is 2.55 bits per heavy atom. The third kappa shape index (κ3) is 1.81. The molecule has 2 heterocycles. The van der Waals surface area contributed by atoms with Gasteiger partial charge in [-0.2, -0.15) is 5.26 Å². The van der Waals surface area contributed by atoms with Crippen molar-refractivity contribution in [3.8, 4) is 17.5 Å². The largest absolute Gasteiger partial charge is 0.508 e. The number of aromatic nitrogens is 1. The van der Waals surface area contributed by atoms with Crippen molar-refractivity contribution in [2.45, 2.75) is 0 Å². The highest BCUT2D eigenvalue weighted by Gasteiger charge is 2.31. The summed E-state index contributed by atoms with van der Waals surface area (Å²) in [5.41, 5.74) is 5.22. The van der Waals surface area contributed by atoms with Crippen LogP contribution in [-0.2, 0) is 0 Å². The molecule has 3 rings (SSSR count). The molecule has 0 bridgehead atoms. The molecule has 0 saturated heterocycles. The maximum Gasteiger partial charge on any atom is 0.262 e. The van der Waals surface area contributed by atoms with Crippen molar-refractivity contribution < 1.29 is 14.7 Å². The first-order chi connectivity index (χ1) is 10.4. The van der Waals surface area contributed by atoms with Gasteiger partial charge in [0.15, 0.2) is 0 Å². The number of phenols is 1. The maximum atomic E-state index is 12.2. The lowest BCUT2D eigenvalue weighted by Gasteiger charge is -2.12. The molecule has 0 atom stereocenters. The zero-order chi connectivity index (χ0) is 16.0. The molecule has 1 aromatic heterocycles. The number of nitrogens with zero attached hydrogens (tertiary/aromatic N) is 2. The number of nitriles is 1. The molecule has 0 saturated carbocycles. The molecule has 0 aliphatic carbocycles. The number of benzene rings is 1. The van der Waals surface area contributed by atoms with Gasteiger partial charge in [0.1, 0.15) is 11.6 Å². The number of aromatic hydroxyl groups is 1. The number of imide groups is 1. The first kappa shape index (κ1) is 13.4. The van der Waals surface area contributed by atoms with Gasteiger partial charge in [-0.15, -0.1) is 0 Å². The van der Waals surface area contributed by atoms with E-state index in [0.29, 0.717) is 0 Å². The molecule has 108 valence electrons. The Kier molecular flexibility index (Phi) is 2.71. The molecule has 4 N–H and O–H groups in total. The third-order valence-corrected chi connectivity index (χ3v) is 3.24. The van der Waals surface area contributed by atoms with Crippen molar-refractivity contribution in [2.24, 2.45) is 0 Å². The molecule has 8 nitrogen and oxygen atoms in total. The lowest BCUT2D eigenvalue weighted by Crippen LogP contribution is -2.24. The van der Waals surface area contributed by atoms with Crippen molar-refractivity contribution in [1.29, 1.82) is 5.26 Å². The number of pyridine rings is 1. The van der Waals surface area contributed by atoms with Gasteiger partial charge < -0.3 is 10.8 Å². The summed E-state index contributed by atoms with van der Waals surface area (Å²) in [6.07, 6.45) is 0. The van der Waals surface area contributed by atoms with E-state index in [1.807, 2.05) is 6.07 Å². The van der Waals surface area contributed by atoms with E-state index in [2.05, 4.69) is 5.32 Å². The van der Waals surface area contributed by atoms with E-state index in [4.69, 9.17) is 11.0 Å². The number of fused-ring (bicyclic) bond motifs is 1. The standard InChI is InChI=1S/C14H8N4O4/c15-5-6-1-7(3-8(19)2-6)18-10(20)4-9-11(12(18)16)14(22)17-13(9)21/h1-4,19H,16H2,(H,17,21,22). The van der Waals surface area contributed by atoms with E-state index in [-0.39, 0.29) is 33.9 Å². The number of rotatable bonds is 1. The molecule has 0 spiro atoms. The first-order valence-corrected chi connectivity index (χ1v) is 6.08. The average Bonchev–Trinajstić information content (AvgIpc) is 2.73. The van der Waals surface area contributed by atoms with Gasteiger partial charge in [0.05, 0.1) is 28.4 Å². The van der Waals surface area contributed by atoms with Crippen molar-refractivity contribution in [1.82, 2.24) is 9.88 Å². The number of hydrogen-bond donors (Lipinski definition) is 3. The number of carbonyl (C=O) groups is 2. The van der Waals surface area contributed by atoms with Gasteiger partial charge in [0.2, 0.25) is 0 Å². The summed E-state index contributed by atoms with van der Waals surface area (Å²) < 4.78 is 0.956. The fourth-order valence-corrected chi connectivity index (χ4v) is 2.33. The Morgan fingerprint density at radius 2 is 1.86 bits per heavy atom. The van der Waals surface area contributed by atoms with E-state index in [1.165, 1.54) is 18.2 Å². The Labute approximate surface area is 123 Å². The summed E-state index contributed by atoms with van der Waals surface area (Å²) in [7, 11) is 0.